The molecule has 0 bridgehead atoms. The van der Waals surface area contributed by atoms with Crippen LogP contribution in [0.25, 0.3) is 0 Å². The third-order valence-corrected chi connectivity index (χ3v) is 10.2. The first-order valence-corrected chi connectivity index (χ1v) is 16.5. The van der Waals surface area contributed by atoms with Crippen molar-refractivity contribution < 1.29 is 9.53 Å². The highest BCUT2D eigenvalue weighted by atomic mass is 35.5. The summed E-state index contributed by atoms with van der Waals surface area (Å²) < 4.78 is 6.47. The summed E-state index contributed by atoms with van der Waals surface area (Å²) in [5.74, 6) is 0.391. The summed E-state index contributed by atoms with van der Waals surface area (Å²) >= 11 is 14.3. The highest BCUT2D eigenvalue weighted by molar-refractivity contribution is 8.17. The number of hydrogen-bond acceptors (Lipinski definition) is 7. The number of aliphatic imine (C=N–C) groups is 1. The van der Waals surface area contributed by atoms with E-state index in [2.05, 4.69) is 73.8 Å². The lowest BCUT2D eigenvalue weighted by Crippen LogP contribution is -2.48. The lowest BCUT2D eigenvalue weighted by atomic mass is 9.81. The number of thioether (sulfide) groups is 1. The van der Waals surface area contributed by atoms with Gasteiger partial charge in [0.2, 0.25) is 5.91 Å². The van der Waals surface area contributed by atoms with Crippen LogP contribution in [0.4, 0.5) is 0 Å². The Balaban J connectivity index is 1.43. The van der Waals surface area contributed by atoms with Crippen LogP contribution < -0.4 is 0 Å². The number of likely N-dealkylation sites (N-methyl/N-ethyl adjacent to an activating group) is 2. The zero-order valence-corrected chi connectivity index (χ0v) is 28.5. The fraction of sp³-hybridized carbons (Fsp3) is 0.515. The molecule has 0 aromatic heterocycles. The van der Waals surface area contributed by atoms with Gasteiger partial charge in [0, 0.05) is 47.3 Å². The van der Waals surface area contributed by atoms with E-state index in [1.165, 1.54) is 10.6 Å². The van der Waals surface area contributed by atoms with Gasteiger partial charge in [0.1, 0.15) is 12.3 Å². The fourth-order valence-corrected chi connectivity index (χ4v) is 8.27. The standard InChI is InChI=1S/C33H43Cl2N5O2S/c1-21(2)29-28(19-42-20-39-26(18-37(4)5)16-17-27(39)31(41)38(6)7)43-32-36-33(3,23-10-14-25(35)15-11-23)30(40(29)32)22-8-12-24(34)13-9-22/h8-15,21,26-27,30H,16-20H2,1-7H3/t26-,27?,30+,33-/m0/s1. The summed E-state index contributed by atoms with van der Waals surface area (Å²) in [5.41, 5.74) is 2.96. The number of rotatable bonds is 10. The zero-order chi connectivity index (χ0) is 31.1. The van der Waals surface area contributed by atoms with Crippen LogP contribution >= 0.6 is 35.0 Å². The third kappa shape index (κ3) is 6.51. The highest BCUT2D eigenvalue weighted by Crippen LogP contribution is 2.56. The summed E-state index contributed by atoms with van der Waals surface area (Å²) in [6.07, 6.45) is 1.83. The average Bonchev–Trinajstić information content (AvgIpc) is 3.58. The average molecular weight is 645 g/mol. The molecule has 2 aromatic rings. The molecule has 3 aliphatic heterocycles. The van der Waals surface area contributed by atoms with E-state index in [4.69, 9.17) is 32.9 Å². The van der Waals surface area contributed by atoms with Crippen molar-refractivity contribution in [3.05, 3.63) is 80.3 Å². The second-order valence-electron chi connectivity index (χ2n) is 12.7. The lowest BCUT2D eigenvalue weighted by molar-refractivity contribution is -0.136. The van der Waals surface area contributed by atoms with Gasteiger partial charge in [-0.15, -0.1) is 0 Å². The Morgan fingerprint density at radius 1 is 1.05 bits per heavy atom. The van der Waals surface area contributed by atoms with Crippen LogP contribution in [0.15, 0.2) is 64.1 Å². The molecule has 1 saturated heterocycles. The number of ether oxygens (including phenoxy) is 1. The van der Waals surface area contributed by atoms with E-state index in [1.807, 2.05) is 38.4 Å². The van der Waals surface area contributed by atoms with Crippen molar-refractivity contribution in [3.63, 3.8) is 0 Å². The van der Waals surface area contributed by atoms with Crippen LogP contribution in [-0.2, 0) is 15.1 Å². The Kier molecular flexibility index (Phi) is 9.86. The molecule has 232 valence electrons. The van der Waals surface area contributed by atoms with Gasteiger partial charge in [-0.05, 0) is 75.2 Å². The Labute approximate surface area is 270 Å². The molecule has 0 N–H and O–H groups in total. The molecule has 7 nitrogen and oxygen atoms in total. The van der Waals surface area contributed by atoms with Crippen LogP contribution in [-0.4, -0.2) is 90.8 Å². The number of carbonyl (C=O) groups is 1. The first-order chi connectivity index (χ1) is 20.4. The van der Waals surface area contributed by atoms with Gasteiger partial charge in [-0.2, -0.15) is 0 Å². The molecule has 1 fully saturated rings. The second kappa shape index (κ2) is 13.1. The molecule has 1 amide bonds. The number of benzene rings is 2. The van der Waals surface area contributed by atoms with Crippen LogP contribution in [0, 0.1) is 5.92 Å². The number of halogens is 2. The molecule has 2 aromatic carbocycles. The Bertz CT molecular complexity index is 1380. The summed E-state index contributed by atoms with van der Waals surface area (Å²) in [7, 11) is 7.83. The van der Waals surface area contributed by atoms with Crippen molar-refractivity contribution >= 4 is 46.0 Å². The molecular formula is C33H43Cl2N5O2S. The van der Waals surface area contributed by atoms with Gasteiger partial charge in [-0.25, -0.2) is 4.99 Å². The quantitative estimate of drug-likeness (QED) is 0.287. The number of amides is 1. The highest BCUT2D eigenvalue weighted by Gasteiger charge is 2.52. The number of amidine groups is 1. The summed E-state index contributed by atoms with van der Waals surface area (Å²) in [5, 5.41) is 2.40. The summed E-state index contributed by atoms with van der Waals surface area (Å²) in [4.78, 5) is 28.2. The van der Waals surface area contributed by atoms with Gasteiger partial charge >= 0.3 is 0 Å². The normalized spacial score (nSPS) is 25.7. The van der Waals surface area contributed by atoms with E-state index < -0.39 is 5.54 Å². The maximum absolute atomic E-state index is 13.0. The second-order valence-corrected chi connectivity index (χ2v) is 14.6. The first-order valence-electron chi connectivity index (χ1n) is 14.9. The molecule has 43 heavy (non-hydrogen) atoms. The molecule has 0 radical (unpaired) electrons. The van der Waals surface area contributed by atoms with E-state index in [0.717, 1.165) is 35.7 Å². The Morgan fingerprint density at radius 3 is 2.26 bits per heavy atom. The van der Waals surface area contributed by atoms with E-state index in [1.54, 1.807) is 16.7 Å². The fourth-order valence-electron chi connectivity index (χ4n) is 6.67. The minimum atomic E-state index is -0.526. The molecule has 0 aliphatic carbocycles. The van der Waals surface area contributed by atoms with Crippen molar-refractivity contribution in [2.24, 2.45) is 10.9 Å². The lowest BCUT2D eigenvalue weighted by Gasteiger charge is -2.37. The smallest absolute Gasteiger partial charge is 0.239 e. The van der Waals surface area contributed by atoms with Crippen molar-refractivity contribution in [2.75, 3.05) is 48.1 Å². The van der Waals surface area contributed by atoms with Gasteiger partial charge in [-0.3, -0.25) is 9.69 Å². The predicted molar refractivity (Wildman–Crippen MR) is 178 cm³/mol. The molecule has 0 saturated carbocycles. The molecule has 5 rings (SSSR count). The van der Waals surface area contributed by atoms with Crippen LogP contribution in [0.1, 0.15) is 50.8 Å². The number of allylic oxidation sites excluding steroid dienone is 1. The summed E-state index contributed by atoms with van der Waals surface area (Å²) in [6.45, 7) is 8.44. The van der Waals surface area contributed by atoms with E-state index >= 15 is 0 Å². The minimum Gasteiger partial charge on any atom is -0.361 e. The molecule has 3 aliphatic rings. The van der Waals surface area contributed by atoms with E-state index in [0.29, 0.717) is 23.4 Å². The number of carbonyl (C=O) groups excluding carboxylic acids is 1. The maximum atomic E-state index is 13.0. The van der Waals surface area contributed by atoms with E-state index in [9.17, 15) is 4.79 Å². The number of likely N-dealkylation sites (tertiary alicyclic amines) is 1. The van der Waals surface area contributed by atoms with Gasteiger partial charge in [0.15, 0.2) is 5.17 Å². The first kappa shape index (κ1) is 32.3. The zero-order valence-electron chi connectivity index (χ0n) is 26.2. The van der Waals surface area contributed by atoms with Gasteiger partial charge < -0.3 is 19.4 Å². The Morgan fingerprint density at radius 2 is 1.67 bits per heavy atom. The molecule has 1 unspecified atom stereocenters. The third-order valence-electron chi connectivity index (χ3n) is 8.66. The molecule has 3 heterocycles. The van der Waals surface area contributed by atoms with Crippen LogP contribution in [0.3, 0.4) is 0 Å². The largest absolute Gasteiger partial charge is 0.361 e. The predicted octanol–water partition coefficient (Wildman–Crippen LogP) is 6.69. The van der Waals surface area contributed by atoms with E-state index in [-0.39, 0.29) is 30.0 Å². The molecular weight excluding hydrogens is 601 g/mol. The van der Waals surface area contributed by atoms with Crippen LogP contribution in [0.2, 0.25) is 10.0 Å². The van der Waals surface area contributed by atoms with Crippen molar-refractivity contribution in [1.29, 1.82) is 0 Å². The maximum Gasteiger partial charge on any atom is 0.239 e. The molecule has 0 spiro atoms. The van der Waals surface area contributed by atoms with Gasteiger partial charge in [-0.1, -0.05) is 73.1 Å². The Hall–Kier alpha value is -2.07. The minimum absolute atomic E-state index is 0.0616. The van der Waals surface area contributed by atoms with Crippen molar-refractivity contribution in [2.45, 2.75) is 57.3 Å². The van der Waals surface area contributed by atoms with Gasteiger partial charge in [0.25, 0.3) is 0 Å². The number of hydrogen-bond donors (Lipinski definition) is 0. The van der Waals surface area contributed by atoms with Crippen molar-refractivity contribution in [3.8, 4) is 0 Å². The van der Waals surface area contributed by atoms with Crippen LogP contribution in [0.5, 0.6) is 0 Å². The number of nitrogens with zero attached hydrogens (tertiary/aromatic N) is 5. The summed E-state index contributed by atoms with van der Waals surface area (Å²) in [6, 6.07) is 16.2. The van der Waals surface area contributed by atoms with Gasteiger partial charge in [0.05, 0.1) is 18.7 Å². The molecule has 10 heteroatoms. The number of fused-ring (bicyclic) bond motifs is 1. The molecule has 4 atom stereocenters. The SMILES string of the molecule is CC(C)C1=C(COCN2C(C(=O)N(C)C)CC[C@H]2CN(C)C)SC2=N[C@@](C)(c3ccc(Cl)cc3)[C@@H](c3ccc(Cl)cc3)N21. The topological polar surface area (TPSA) is 51.6 Å². The monoisotopic (exact) mass is 643 g/mol. The van der Waals surface area contributed by atoms with Crippen molar-refractivity contribution in [1.82, 2.24) is 19.6 Å².